The van der Waals surface area contributed by atoms with Gasteiger partial charge in [0.25, 0.3) is 0 Å². The van der Waals surface area contributed by atoms with Gasteiger partial charge in [-0.1, -0.05) is 43.4 Å². The van der Waals surface area contributed by atoms with Crippen molar-refractivity contribution in [1.82, 2.24) is 0 Å². The van der Waals surface area contributed by atoms with Gasteiger partial charge in [-0.05, 0) is 18.3 Å². The van der Waals surface area contributed by atoms with Crippen molar-refractivity contribution < 1.29 is 4.74 Å². The molecular formula is C9H17IO. The second-order valence-electron chi connectivity index (χ2n) is 4.32. The van der Waals surface area contributed by atoms with Gasteiger partial charge in [-0.25, -0.2) is 0 Å². The predicted molar refractivity (Wildman–Crippen MR) is 56.2 cm³/mol. The Morgan fingerprint density at radius 2 is 2.09 bits per heavy atom. The van der Waals surface area contributed by atoms with Crippen molar-refractivity contribution >= 4 is 22.6 Å². The van der Waals surface area contributed by atoms with E-state index in [0.29, 0.717) is 15.4 Å². The molecule has 1 aliphatic rings. The summed E-state index contributed by atoms with van der Waals surface area (Å²) in [6, 6.07) is 0. The average molecular weight is 268 g/mol. The third kappa shape index (κ3) is 2.58. The highest BCUT2D eigenvalue weighted by atomic mass is 127. The lowest BCUT2D eigenvalue weighted by atomic mass is 9.88. The fraction of sp³-hybridized carbons (Fsp3) is 1.00. The van der Waals surface area contributed by atoms with E-state index in [9.17, 15) is 0 Å². The summed E-state index contributed by atoms with van der Waals surface area (Å²) in [6.07, 6.45) is 3.01. The minimum absolute atomic E-state index is 0.384. The van der Waals surface area contributed by atoms with Crippen molar-refractivity contribution in [3.8, 4) is 0 Å². The minimum atomic E-state index is 0.384. The molecule has 0 spiro atoms. The highest BCUT2D eigenvalue weighted by molar-refractivity contribution is 14.1. The Kier molecular flexibility index (Phi) is 3.20. The van der Waals surface area contributed by atoms with Crippen molar-refractivity contribution in [2.75, 3.05) is 6.61 Å². The molecule has 0 saturated carbocycles. The Morgan fingerprint density at radius 1 is 1.45 bits per heavy atom. The van der Waals surface area contributed by atoms with Gasteiger partial charge in [0.2, 0.25) is 0 Å². The number of ether oxygens (including phenoxy) is 1. The molecule has 0 aliphatic carbocycles. The summed E-state index contributed by atoms with van der Waals surface area (Å²) in [4.78, 5) is 0. The Morgan fingerprint density at radius 3 is 2.45 bits per heavy atom. The molecule has 1 fully saturated rings. The highest BCUT2D eigenvalue weighted by Crippen LogP contribution is 2.34. The van der Waals surface area contributed by atoms with E-state index >= 15 is 0 Å². The van der Waals surface area contributed by atoms with Crippen LogP contribution in [0.4, 0.5) is 0 Å². The second-order valence-corrected chi connectivity index (χ2v) is 5.66. The lowest BCUT2D eigenvalue weighted by Crippen LogP contribution is -2.31. The standard InChI is InChI=1S/C9H17IO/c1-9(2,3)8(10)7-5-4-6-11-7/h7-8H,4-6H2,1-3H3/t7-,8+/m0/s1. The van der Waals surface area contributed by atoms with E-state index in [4.69, 9.17) is 4.74 Å². The number of alkyl halides is 1. The lowest BCUT2D eigenvalue weighted by Gasteiger charge is -2.29. The zero-order valence-corrected chi connectivity index (χ0v) is 9.72. The van der Waals surface area contributed by atoms with E-state index in [0.717, 1.165) is 6.61 Å². The molecule has 0 unspecified atom stereocenters. The van der Waals surface area contributed by atoms with Crippen molar-refractivity contribution in [2.45, 2.75) is 43.6 Å². The SMILES string of the molecule is CC(C)(C)[C@H](I)[C@@H]1CCCO1. The Hall–Kier alpha value is 0.690. The molecule has 11 heavy (non-hydrogen) atoms. The number of rotatable bonds is 1. The molecule has 1 saturated heterocycles. The van der Waals surface area contributed by atoms with E-state index in [2.05, 4.69) is 43.4 Å². The van der Waals surface area contributed by atoms with Crippen LogP contribution in [0.5, 0.6) is 0 Å². The summed E-state index contributed by atoms with van der Waals surface area (Å²) in [5, 5.41) is 0. The molecule has 0 aromatic heterocycles. The van der Waals surface area contributed by atoms with E-state index in [1.165, 1.54) is 12.8 Å². The maximum absolute atomic E-state index is 5.63. The summed E-state index contributed by atoms with van der Waals surface area (Å²) in [5.41, 5.74) is 0.384. The number of hydrogen-bond acceptors (Lipinski definition) is 1. The van der Waals surface area contributed by atoms with E-state index < -0.39 is 0 Å². The summed E-state index contributed by atoms with van der Waals surface area (Å²) in [6.45, 7) is 7.82. The summed E-state index contributed by atoms with van der Waals surface area (Å²) in [5.74, 6) is 0. The van der Waals surface area contributed by atoms with E-state index in [1.54, 1.807) is 0 Å². The van der Waals surface area contributed by atoms with Gasteiger partial charge in [-0.15, -0.1) is 0 Å². The molecule has 0 bridgehead atoms. The van der Waals surface area contributed by atoms with E-state index in [1.807, 2.05) is 0 Å². The minimum Gasteiger partial charge on any atom is -0.377 e. The largest absolute Gasteiger partial charge is 0.377 e. The monoisotopic (exact) mass is 268 g/mol. The zero-order valence-electron chi connectivity index (χ0n) is 7.56. The number of halogens is 1. The molecule has 2 atom stereocenters. The summed E-state index contributed by atoms with van der Waals surface area (Å²) in [7, 11) is 0. The maximum atomic E-state index is 5.63. The van der Waals surface area contributed by atoms with Crippen molar-refractivity contribution in [3.05, 3.63) is 0 Å². The van der Waals surface area contributed by atoms with Gasteiger partial charge in [-0.3, -0.25) is 0 Å². The normalized spacial score (nSPS) is 28.9. The molecule has 0 amide bonds. The van der Waals surface area contributed by atoms with Gasteiger partial charge >= 0.3 is 0 Å². The Labute approximate surface area is 83.0 Å². The molecule has 1 aliphatic heterocycles. The van der Waals surface area contributed by atoms with Crippen LogP contribution in [0, 0.1) is 5.41 Å². The lowest BCUT2D eigenvalue weighted by molar-refractivity contribution is 0.0879. The summed E-state index contributed by atoms with van der Waals surface area (Å²) >= 11 is 2.53. The fourth-order valence-corrected chi connectivity index (χ4v) is 1.96. The van der Waals surface area contributed by atoms with Crippen LogP contribution in [-0.4, -0.2) is 16.6 Å². The van der Waals surface area contributed by atoms with Gasteiger partial charge in [0.15, 0.2) is 0 Å². The third-order valence-corrected chi connectivity index (χ3v) is 4.79. The van der Waals surface area contributed by atoms with Crippen LogP contribution in [0.3, 0.4) is 0 Å². The van der Waals surface area contributed by atoms with Crippen molar-refractivity contribution in [2.24, 2.45) is 5.41 Å². The molecule has 1 nitrogen and oxygen atoms in total. The predicted octanol–water partition coefficient (Wildman–Crippen LogP) is 3.02. The zero-order chi connectivity index (χ0) is 8.48. The molecule has 0 aromatic rings. The molecule has 1 rings (SSSR count). The van der Waals surface area contributed by atoms with Gasteiger partial charge in [0.1, 0.15) is 0 Å². The fourth-order valence-electron chi connectivity index (χ4n) is 1.39. The molecule has 2 heteroatoms. The number of hydrogen-bond donors (Lipinski definition) is 0. The van der Waals surface area contributed by atoms with Crippen LogP contribution in [0.1, 0.15) is 33.6 Å². The molecule has 66 valence electrons. The maximum Gasteiger partial charge on any atom is 0.0698 e. The van der Waals surface area contributed by atoms with Crippen LogP contribution in [0.25, 0.3) is 0 Å². The molecular weight excluding hydrogens is 251 g/mol. The molecule has 0 radical (unpaired) electrons. The third-order valence-electron chi connectivity index (χ3n) is 2.12. The van der Waals surface area contributed by atoms with E-state index in [-0.39, 0.29) is 0 Å². The van der Waals surface area contributed by atoms with Gasteiger partial charge in [-0.2, -0.15) is 0 Å². The Bertz CT molecular complexity index is 122. The second kappa shape index (κ2) is 3.60. The van der Waals surface area contributed by atoms with Crippen LogP contribution in [-0.2, 0) is 4.74 Å². The van der Waals surface area contributed by atoms with Gasteiger partial charge in [0, 0.05) is 10.5 Å². The van der Waals surface area contributed by atoms with Crippen LogP contribution in [0.2, 0.25) is 0 Å². The Balaban J connectivity index is 2.46. The van der Waals surface area contributed by atoms with Crippen LogP contribution in [0.15, 0.2) is 0 Å². The molecule has 0 aromatic carbocycles. The topological polar surface area (TPSA) is 9.23 Å². The smallest absolute Gasteiger partial charge is 0.0698 e. The highest BCUT2D eigenvalue weighted by Gasteiger charge is 2.32. The summed E-state index contributed by atoms with van der Waals surface area (Å²) < 4.78 is 6.29. The average Bonchev–Trinajstić information content (AvgIpc) is 2.34. The van der Waals surface area contributed by atoms with Crippen LogP contribution >= 0.6 is 22.6 Å². The first-order chi connectivity index (χ1) is 5.02. The quantitative estimate of drug-likeness (QED) is 0.524. The van der Waals surface area contributed by atoms with Gasteiger partial charge in [0.05, 0.1) is 6.10 Å². The molecule has 1 heterocycles. The van der Waals surface area contributed by atoms with Gasteiger partial charge < -0.3 is 4.74 Å². The first-order valence-electron chi connectivity index (χ1n) is 4.27. The first-order valence-corrected chi connectivity index (χ1v) is 5.52. The van der Waals surface area contributed by atoms with Crippen molar-refractivity contribution in [1.29, 1.82) is 0 Å². The first kappa shape index (κ1) is 9.78. The van der Waals surface area contributed by atoms with Crippen molar-refractivity contribution in [3.63, 3.8) is 0 Å². The van der Waals surface area contributed by atoms with Crippen LogP contribution < -0.4 is 0 Å². The molecule has 0 N–H and O–H groups in total.